The first-order chi connectivity index (χ1) is 8.27. The van der Waals surface area contributed by atoms with E-state index in [0.717, 1.165) is 16.8 Å². The maximum Gasteiger partial charge on any atom is 0.0777 e. The monoisotopic (exact) mass is 246 g/mol. The summed E-state index contributed by atoms with van der Waals surface area (Å²) in [6.45, 7) is 0. The molecule has 3 nitrogen and oxygen atoms in total. The van der Waals surface area contributed by atoms with Crippen LogP contribution in [-0.4, -0.2) is 14.6 Å². The van der Waals surface area contributed by atoms with Crippen molar-refractivity contribution in [3.63, 3.8) is 0 Å². The van der Waals surface area contributed by atoms with Crippen molar-refractivity contribution in [2.24, 2.45) is 0 Å². The zero-order valence-corrected chi connectivity index (χ0v) is 9.94. The van der Waals surface area contributed by atoms with Crippen molar-refractivity contribution in [3.8, 4) is 11.1 Å². The van der Waals surface area contributed by atoms with Crippen molar-refractivity contribution < 1.29 is 8.76 Å². The van der Waals surface area contributed by atoms with E-state index in [9.17, 15) is 8.76 Å². The molecular formula is C13H12NO2S-. The number of anilines is 1. The highest BCUT2D eigenvalue weighted by Crippen LogP contribution is 2.27. The molecule has 0 aromatic heterocycles. The van der Waals surface area contributed by atoms with Crippen LogP contribution >= 0.6 is 0 Å². The highest BCUT2D eigenvalue weighted by atomic mass is 32.2. The summed E-state index contributed by atoms with van der Waals surface area (Å²) in [6.07, 6.45) is 0. The fourth-order valence-electron chi connectivity index (χ4n) is 1.64. The molecule has 0 bridgehead atoms. The van der Waals surface area contributed by atoms with Gasteiger partial charge in [-0.3, -0.25) is 4.21 Å². The summed E-state index contributed by atoms with van der Waals surface area (Å²) in [7, 11) is 0. The lowest BCUT2D eigenvalue weighted by molar-refractivity contribution is 0.539. The molecule has 17 heavy (non-hydrogen) atoms. The molecule has 88 valence electrons. The lowest BCUT2D eigenvalue weighted by atomic mass is 10.0. The van der Waals surface area contributed by atoms with Gasteiger partial charge in [-0.05, 0) is 22.7 Å². The molecule has 0 aliphatic heterocycles. The average molecular weight is 246 g/mol. The molecule has 0 saturated heterocycles. The van der Waals surface area contributed by atoms with Gasteiger partial charge in [0.25, 0.3) is 0 Å². The molecule has 4 heteroatoms. The van der Waals surface area contributed by atoms with Crippen molar-refractivity contribution in [1.29, 1.82) is 0 Å². The summed E-state index contributed by atoms with van der Waals surface area (Å²) in [5.74, 6) is -0.0795. The predicted molar refractivity (Wildman–Crippen MR) is 69.3 cm³/mol. The van der Waals surface area contributed by atoms with Crippen LogP contribution in [0.4, 0.5) is 5.69 Å². The quantitative estimate of drug-likeness (QED) is 0.844. The first-order valence-corrected chi connectivity index (χ1v) is 6.46. The highest BCUT2D eigenvalue weighted by molar-refractivity contribution is 7.79. The first kappa shape index (κ1) is 11.8. The average Bonchev–Trinajstić information content (AvgIpc) is 2.38. The third kappa shape index (κ3) is 3.15. The Morgan fingerprint density at radius 2 is 1.65 bits per heavy atom. The van der Waals surface area contributed by atoms with Crippen LogP contribution in [0, 0.1) is 0 Å². The Kier molecular flexibility index (Phi) is 3.90. The van der Waals surface area contributed by atoms with Gasteiger partial charge >= 0.3 is 0 Å². The van der Waals surface area contributed by atoms with Crippen molar-refractivity contribution in [3.05, 3.63) is 54.6 Å². The summed E-state index contributed by atoms with van der Waals surface area (Å²) in [5, 5.41) is 2.90. The maximum absolute atomic E-state index is 10.6. The third-order valence-corrected chi connectivity index (χ3v) is 2.77. The number of rotatable bonds is 4. The molecule has 1 N–H and O–H groups in total. The van der Waals surface area contributed by atoms with E-state index in [4.69, 9.17) is 0 Å². The summed E-state index contributed by atoms with van der Waals surface area (Å²) in [5.41, 5.74) is 2.88. The van der Waals surface area contributed by atoms with E-state index in [1.165, 1.54) is 0 Å². The van der Waals surface area contributed by atoms with E-state index >= 15 is 0 Å². The number of hydrogen-bond acceptors (Lipinski definition) is 3. The molecule has 1 unspecified atom stereocenters. The molecule has 0 fully saturated rings. The molecule has 0 heterocycles. The minimum absolute atomic E-state index is 0.0795. The second kappa shape index (κ2) is 5.61. The minimum atomic E-state index is -2.09. The summed E-state index contributed by atoms with van der Waals surface area (Å²) in [6, 6.07) is 17.5. The Morgan fingerprint density at radius 1 is 1.00 bits per heavy atom. The van der Waals surface area contributed by atoms with Gasteiger partial charge in [-0.15, -0.1) is 0 Å². The van der Waals surface area contributed by atoms with Crippen LogP contribution in [0.1, 0.15) is 0 Å². The Bertz CT molecular complexity index is 514. The van der Waals surface area contributed by atoms with Gasteiger partial charge in [0.15, 0.2) is 0 Å². The predicted octanol–water partition coefficient (Wildman–Crippen LogP) is 2.60. The fourth-order valence-corrected chi connectivity index (χ4v) is 1.92. The van der Waals surface area contributed by atoms with Crippen molar-refractivity contribution in [1.82, 2.24) is 0 Å². The SMILES string of the molecule is O=S([O-])CNc1ccccc1-c1ccccc1. The number of nitrogens with one attached hydrogen (secondary N) is 1. The van der Waals surface area contributed by atoms with Crippen LogP contribution in [0.25, 0.3) is 11.1 Å². The van der Waals surface area contributed by atoms with Crippen LogP contribution in [0.5, 0.6) is 0 Å². The smallest absolute Gasteiger partial charge is 0.0777 e. The van der Waals surface area contributed by atoms with Gasteiger partial charge < -0.3 is 9.87 Å². The Morgan fingerprint density at radius 3 is 2.35 bits per heavy atom. The third-order valence-electron chi connectivity index (χ3n) is 2.39. The molecular weight excluding hydrogens is 234 g/mol. The minimum Gasteiger partial charge on any atom is -0.771 e. The summed E-state index contributed by atoms with van der Waals surface area (Å²) >= 11 is -2.09. The van der Waals surface area contributed by atoms with Crippen LogP contribution in [0.3, 0.4) is 0 Å². The van der Waals surface area contributed by atoms with Gasteiger partial charge in [-0.1, -0.05) is 48.5 Å². The van der Waals surface area contributed by atoms with Gasteiger partial charge in [0.2, 0.25) is 0 Å². The molecule has 1 atom stereocenters. The van der Waals surface area contributed by atoms with E-state index in [-0.39, 0.29) is 5.88 Å². The van der Waals surface area contributed by atoms with Gasteiger partial charge in [-0.25, -0.2) is 0 Å². The standard InChI is InChI=1S/C13H13NO2S/c15-17(16)10-14-13-9-5-4-8-12(13)11-6-2-1-3-7-11/h1-9,14H,10H2,(H,15,16)/p-1. The molecule has 2 aromatic rings. The lowest BCUT2D eigenvalue weighted by Crippen LogP contribution is -2.07. The molecule has 0 aliphatic rings. The highest BCUT2D eigenvalue weighted by Gasteiger charge is 2.02. The van der Waals surface area contributed by atoms with Crippen molar-refractivity contribution >= 4 is 16.8 Å². The Balaban J connectivity index is 2.31. The van der Waals surface area contributed by atoms with Gasteiger partial charge in [0, 0.05) is 11.3 Å². The second-order valence-corrected chi connectivity index (χ2v) is 4.43. The van der Waals surface area contributed by atoms with E-state index < -0.39 is 11.1 Å². The van der Waals surface area contributed by atoms with E-state index in [0.29, 0.717) is 0 Å². The number of benzene rings is 2. The van der Waals surface area contributed by atoms with Gasteiger partial charge in [0.05, 0.1) is 5.88 Å². The van der Waals surface area contributed by atoms with Crippen LogP contribution < -0.4 is 5.32 Å². The fraction of sp³-hybridized carbons (Fsp3) is 0.0769. The Hall–Kier alpha value is -1.65. The second-order valence-electron chi connectivity index (χ2n) is 3.54. The molecule has 0 radical (unpaired) electrons. The van der Waals surface area contributed by atoms with Crippen LogP contribution in [0.15, 0.2) is 54.6 Å². The molecule has 0 saturated carbocycles. The zero-order valence-electron chi connectivity index (χ0n) is 9.13. The van der Waals surface area contributed by atoms with Crippen LogP contribution in [-0.2, 0) is 11.1 Å². The molecule has 2 rings (SSSR count). The van der Waals surface area contributed by atoms with E-state index in [1.807, 2.05) is 54.6 Å². The van der Waals surface area contributed by atoms with Gasteiger partial charge in [-0.2, -0.15) is 0 Å². The number of para-hydroxylation sites is 1. The Labute approximate surface area is 103 Å². The van der Waals surface area contributed by atoms with Crippen LogP contribution in [0.2, 0.25) is 0 Å². The topological polar surface area (TPSA) is 52.2 Å². The van der Waals surface area contributed by atoms with Crippen molar-refractivity contribution in [2.45, 2.75) is 0 Å². The van der Waals surface area contributed by atoms with E-state index in [1.54, 1.807) is 0 Å². The number of hydrogen-bond donors (Lipinski definition) is 1. The first-order valence-electron chi connectivity index (χ1n) is 5.21. The van der Waals surface area contributed by atoms with Gasteiger partial charge in [0.1, 0.15) is 0 Å². The summed E-state index contributed by atoms with van der Waals surface area (Å²) in [4.78, 5) is 0. The molecule has 2 aromatic carbocycles. The molecule has 0 aliphatic carbocycles. The normalized spacial score (nSPS) is 12.1. The molecule has 0 amide bonds. The molecule has 0 spiro atoms. The largest absolute Gasteiger partial charge is 0.771 e. The zero-order chi connectivity index (χ0) is 12.1. The van der Waals surface area contributed by atoms with Crippen molar-refractivity contribution in [2.75, 3.05) is 11.2 Å². The lowest BCUT2D eigenvalue weighted by Gasteiger charge is -2.13. The summed E-state index contributed by atoms with van der Waals surface area (Å²) < 4.78 is 21.1. The van der Waals surface area contributed by atoms with E-state index in [2.05, 4.69) is 5.32 Å². The maximum atomic E-state index is 10.6.